The van der Waals surface area contributed by atoms with E-state index in [1.165, 1.54) is 6.42 Å². The van der Waals surface area contributed by atoms with Crippen LogP contribution < -0.4 is 11.2 Å². The zero-order valence-electron chi connectivity index (χ0n) is 21.6. The Hall–Kier alpha value is -2.90. The molecule has 2 atom stereocenters. The molecule has 192 valence electrons. The predicted molar refractivity (Wildman–Crippen MR) is 144 cm³/mol. The number of carbonyl (C=O) groups is 1. The van der Waals surface area contributed by atoms with Crippen molar-refractivity contribution in [2.75, 3.05) is 13.2 Å². The number of ether oxygens (including phenoxy) is 1. The third-order valence-corrected chi connectivity index (χ3v) is 7.73. The van der Waals surface area contributed by atoms with Gasteiger partial charge in [-0.3, -0.25) is 14.3 Å². The molecule has 36 heavy (non-hydrogen) atoms. The van der Waals surface area contributed by atoms with Gasteiger partial charge in [-0.25, -0.2) is 14.2 Å². The van der Waals surface area contributed by atoms with Crippen LogP contribution in [0.4, 0.5) is 0 Å². The van der Waals surface area contributed by atoms with Crippen molar-refractivity contribution in [3.05, 3.63) is 72.9 Å². The lowest BCUT2D eigenvalue weighted by Gasteiger charge is -2.39. The fraction of sp³-hybridized carbons (Fsp3) is 0.464. The van der Waals surface area contributed by atoms with Gasteiger partial charge in [-0.1, -0.05) is 30.2 Å². The Morgan fingerprint density at radius 1 is 1.08 bits per heavy atom. The van der Waals surface area contributed by atoms with Crippen molar-refractivity contribution in [2.24, 2.45) is 0 Å². The summed E-state index contributed by atoms with van der Waals surface area (Å²) in [7, 11) is 0. The Morgan fingerprint density at radius 3 is 2.39 bits per heavy atom. The van der Waals surface area contributed by atoms with Crippen LogP contribution in [0.25, 0.3) is 16.6 Å². The Balaban J connectivity index is 1.99. The number of aryl methyl sites for hydroxylation is 2. The normalized spacial score (nSPS) is 18.5. The average molecular weight is 512 g/mol. The van der Waals surface area contributed by atoms with E-state index < -0.39 is 17.2 Å². The highest BCUT2D eigenvalue weighted by atomic mass is 35.5. The summed E-state index contributed by atoms with van der Waals surface area (Å²) < 4.78 is 8.06. The van der Waals surface area contributed by atoms with E-state index >= 15 is 0 Å². The van der Waals surface area contributed by atoms with Crippen molar-refractivity contribution in [1.29, 1.82) is 0 Å². The Bertz CT molecular complexity index is 1420. The van der Waals surface area contributed by atoms with Gasteiger partial charge in [0.25, 0.3) is 5.56 Å². The van der Waals surface area contributed by atoms with Gasteiger partial charge in [0.15, 0.2) is 0 Å². The number of fused-ring (bicyclic) bond motifs is 1. The van der Waals surface area contributed by atoms with E-state index in [0.717, 1.165) is 17.4 Å². The van der Waals surface area contributed by atoms with Gasteiger partial charge < -0.3 is 4.74 Å². The first-order valence-electron chi connectivity index (χ1n) is 12.6. The number of para-hydroxylation sites is 1. The molecule has 1 saturated heterocycles. The van der Waals surface area contributed by atoms with Crippen LogP contribution in [0, 0.1) is 13.8 Å². The van der Waals surface area contributed by atoms with Gasteiger partial charge in [0, 0.05) is 25.2 Å². The monoisotopic (exact) mass is 511 g/mol. The van der Waals surface area contributed by atoms with Crippen LogP contribution in [0.5, 0.6) is 0 Å². The second kappa shape index (κ2) is 10.6. The summed E-state index contributed by atoms with van der Waals surface area (Å²) in [5.74, 6) is -0.480. The lowest BCUT2D eigenvalue weighted by Crippen LogP contribution is -2.47. The molecular formula is C28H34ClN3O4. The molecule has 7 nitrogen and oxygen atoms in total. The number of benzene rings is 2. The minimum absolute atomic E-state index is 0.227. The molecule has 2 aromatic carbocycles. The Morgan fingerprint density at radius 2 is 1.75 bits per heavy atom. The molecule has 8 heteroatoms. The summed E-state index contributed by atoms with van der Waals surface area (Å²) in [4.78, 5) is 43.0. The summed E-state index contributed by atoms with van der Waals surface area (Å²) in [6.45, 7) is 11.1. The molecule has 1 fully saturated rings. The minimum atomic E-state index is -0.498. The summed E-state index contributed by atoms with van der Waals surface area (Å²) in [5, 5.41) is 0.624. The van der Waals surface area contributed by atoms with Gasteiger partial charge in [-0.05, 0) is 76.8 Å². The van der Waals surface area contributed by atoms with Gasteiger partial charge in [0.2, 0.25) is 0 Å². The number of likely N-dealkylation sites (tertiary alicyclic amines) is 1. The second-order valence-electron chi connectivity index (χ2n) is 9.70. The van der Waals surface area contributed by atoms with Gasteiger partial charge >= 0.3 is 11.7 Å². The number of rotatable bonds is 6. The van der Waals surface area contributed by atoms with Crippen LogP contribution in [0.3, 0.4) is 0 Å². The maximum atomic E-state index is 13.9. The molecule has 0 bridgehead atoms. The van der Waals surface area contributed by atoms with Crippen molar-refractivity contribution in [2.45, 2.75) is 72.5 Å². The second-order valence-corrected chi connectivity index (χ2v) is 10.1. The molecule has 0 amide bonds. The van der Waals surface area contributed by atoms with Crippen molar-refractivity contribution >= 4 is 28.5 Å². The van der Waals surface area contributed by atoms with Gasteiger partial charge in [-0.2, -0.15) is 0 Å². The SMILES string of the molecule is CCOC(=O)c1c(C)cc2c(c1C)c(=O)n(-c1ccccc1Cl)c(=O)n2CCN1C(C)CCCC1C. The Kier molecular flexibility index (Phi) is 7.71. The number of aromatic nitrogens is 2. The number of piperidine rings is 1. The number of carbonyl (C=O) groups excluding carboxylic acids is 1. The van der Waals surface area contributed by atoms with Crippen LogP contribution in [0.2, 0.25) is 5.02 Å². The minimum Gasteiger partial charge on any atom is -0.462 e. The fourth-order valence-electron chi connectivity index (χ4n) is 5.58. The molecule has 0 aliphatic carbocycles. The molecule has 3 aromatic rings. The molecular weight excluding hydrogens is 478 g/mol. The maximum absolute atomic E-state index is 13.9. The van der Waals surface area contributed by atoms with Crippen molar-refractivity contribution in [1.82, 2.24) is 14.0 Å². The van der Waals surface area contributed by atoms with Gasteiger partial charge in [0.1, 0.15) is 0 Å². The van der Waals surface area contributed by atoms with E-state index in [1.807, 2.05) is 6.92 Å². The molecule has 1 aliphatic heterocycles. The van der Waals surface area contributed by atoms with Crippen LogP contribution in [0.1, 0.15) is 61.5 Å². The molecule has 0 saturated carbocycles. The number of hydrogen-bond acceptors (Lipinski definition) is 5. The topological polar surface area (TPSA) is 73.5 Å². The van der Waals surface area contributed by atoms with Gasteiger partial charge in [0.05, 0.1) is 33.8 Å². The molecule has 1 aliphatic rings. The lowest BCUT2D eigenvalue weighted by atomic mass is 9.97. The van der Waals surface area contributed by atoms with E-state index in [1.54, 1.807) is 48.7 Å². The average Bonchev–Trinajstić information content (AvgIpc) is 2.81. The number of esters is 1. The number of hydrogen-bond donors (Lipinski definition) is 0. The van der Waals surface area contributed by atoms with Crippen LogP contribution >= 0.6 is 11.6 Å². The van der Waals surface area contributed by atoms with Crippen LogP contribution in [0.15, 0.2) is 39.9 Å². The van der Waals surface area contributed by atoms with E-state index in [-0.39, 0.29) is 6.61 Å². The van der Waals surface area contributed by atoms with E-state index in [0.29, 0.717) is 63.5 Å². The standard InChI is InChI=1S/C28H34ClN3O4/c1-6-36-27(34)24-17(2)16-23-25(20(24)5)26(33)32(22-13-8-7-12-21(22)29)28(35)31(23)15-14-30-18(3)10-9-11-19(30)4/h7-8,12-13,16,18-19H,6,9-11,14-15H2,1-5H3. The molecule has 1 aromatic heterocycles. The quantitative estimate of drug-likeness (QED) is 0.442. The summed E-state index contributed by atoms with van der Waals surface area (Å²) in [5.41, 5.74) is 1.43. The van der Waals surface area contributed by atoms with Crippen molar-refractivity contribution in [3.63, 3.8) is 0 Å². The van der Waals surface area contributed by atoms with Crippen LogP contribution in [-0.4, -0.2) is 45.2 Å². The largest absolute Gasteiger partial charge is 0.462 e. The fourth-order valence-corrected chi connectivity index (χ4v) is 5.80. The molecule has 0 spiro atoms. The molecule has 2 heterocycles. The first-order valence-corrected chi connectivity index (χ1v) is 13.0. The molecule has 4 rings (SSSR count). The van der Waals surface area contributed by atoms with Crippen molar-refractivity contribution < 1.29 is 9.53 Å². The summed E-state index contributed by atoms with van der Waals surface area (Å²) in [6, 6.07) is 9.41. The maximum Gasteiger partial charge on any atom is 0.338 e. The first-order chi connectivity index (χ1) is 17.2. The highest BCUT2D eigenvalue weighted by Gasteiger charge is 2.27. The summed E-state index contributed by atoms with van der Waals surface area (Å²) >= 11 is 6.44. The first kappa shape index (κ1) is 26.2. The van der Waals surface area contributed by atoms with E-state index in [9.17, 15) is 14.4 Å². The zero-order chi connectivity index (χ0) is 26.1. The van der Waals surface area contributed by atoms with E-state index in [4.69, 9.17) is 16.3 Å². The zero-order valence-corrected chi connectivity index (χ0v) is 22.4. The van der Waals surface area contributed by atoms with Crippen LogP contribution in [-0.2, 0) is 11.3 Å². The van der Waals surface area contributed by atoms with Crippen molar-refractivity contribution in [3.8, 4) is 5.69 Å². The molecule has 0 radical (unpaired) electrons. The molecule has 2 unspecified atom stereocenters. The van der Waals surface area contributed by atoms with E-state index in [2.05, 4.69) is 18.7 Å². The molecule has 0 N–H and O–H groups in total. The lowest BCUT2D eigenvalue weighted by molar-refractivity contribution is 0.0525. The Labute approximate surface area is 216 Å². The van der Waals surface area contributed by atoms with Gasteiger partial charge in [-0.15, -0.1) is 0 Å². The third kappa shape index (κ3) is 4.62. The smallest absolute Gasteiger partial charge is 0.338 e. The third-order valence-electron chi connectivity index (χ3n) is 7.41. The highest BCUT2D eigenvalue weighted by Crippen LogP contribution is 2.26. The highest BCUT2D eigenvalue weighted by molar-refractivity contribution is 6.32. The number of halogens is 1. The number of nitrogens with zero attached hydrogens (tertiary/aromatic N) is 3. The summed E-state index contributed by atoms with van der Waals surface area (Å²) in [6.07, 6.45) is 3.45. The predicted octanol–water partition coefficient (Wildman–Crippen LogP) is 4.86.